The zero-order valence-electron chi connectivity index (χ0n) is 12.4. The first-order valence-electron chi connectivity index (χ1n) is 7.07. The second-order valence-corrected chi connectivity index (χ2v) is 4.77. The highest BCUT2D eigenvalue weighted by Gasteiger charge is 2.09. The minimum Gasteiger partial charge on any atom is -0.465 e. The number of amides is 1. The average Bonchev–Trinajstić information content (AvgIpc) is 2.59. The van der Waals surface area contributed by atoms with Gasteiger partial charge in [0, 0.05) is 12.7 Å². The molecule has 5 heteroatoms. The van der Waals surface area contributed by atoms with Crippen LogP contribution >= 0.6 is 0 Å². The van der Waals surface area contributed by atoms with Crippen molar-refractivity contribution in [3.05, 3.63) is 65.5 Å². The quantitative estimate of drug-likeness (QED) is 0.656. The maximum absolute atomic E-state index is 11.9. The Morgan fingerprint density at radius 2 is 1.91 bits per heavy atom. The summed E-state index contributed by atoms with van der Waals surface area (Å²) >= 11 is 0. The van der Waals surface area contributed by atoms with Gasteiger partial charge in [0.05, 0.1) is 12.7 Å². The Labute approximate surface area is 129 Å². The zero-order chi connectivity index (χ0) is 15.8. The van der Waals surface area contributed by atoms with Crippen LogP contribution in [0.1, 0.15) is 32.8 Å². The molecule has 0 unspecified atom stereocenters. The molecule has 0 aliphatic heterocycles. The maximum Gasteiger partial charge on any atom is 0.339 e. The molecule has 1 N–H and O–H groups in total. The molecule has 0 bridgehead atoms. The lowest BCUT2D eigenvalue weighted by Gasteiger charge is -2.05. The van der Waals surface area contributed by atoms with Gasteiger partial charge in [-0.05, 0) is 30.5 Å². The highest BCUT2D eigenvalue weighted by molar-refractivity contribution is 5.94. The molecular formula is C17H18N2O3. The SMILES string of the molecule is COC(=O)c1ccc(C(=O)NCCCc2ccccc2)nc1. The summed E-state index contributed by atoms with van der Waals surface area (Å²) in [5.74, 6) is -0.716. The van der Waals surface area contributed by atoms with E-state index in [2.05, 4.69) is 27.2 Å². The summed E-state index contributed by atoms with van der Waals surface area (Å²) in [5, 5.41) is 2.81. The largest absolute Gasteiger partial charge is 0.465 e. The van der Waals surface area contributed by atoms with Gasteiger partial charge in [-0.2, -0.15) is 0 Å². The number of rotatable bonds is 6. The molecule has 0 atom stereocenters. The van der Waals surface area contributed by atoms with Crippen LogP contribution in [0.5, 0.6) is 0 Å². The van der Waals surface area contributed by atoms with Gasteiger partial charge in [0.1, 0.15) is 5.69 Å². The average molecular weight is 298 g/mol. The van der Waals surface area contributed by atoms with Crippen LogP contribution in [0.2, 0.25) is 0 Å². The van der Waals surface area contributed by atoms with Crippen molar-refractivity contribution in [2.45, 2.75) is 12.8 Å². The van der Waals surface area contributed by atoms with Crippen molar-refractivity contribution in [2.75, 3.05) is 13.7 Å². The number of methoxy groups -OCH3 is 1. The van der Waals surface area contributed by atoms with Crippen LogP contribution in [0.15, 0.2) is 48.7 Å². The molecule has 0 fully saturated rings. The van der Waals surface area contributed by atoms with Gasteiger partial charge in [-0.15, -0.1) is 0 Å². The predicted molar refractivity (Wildman–Crippen MR) is 82.7 cm³/mol. The molecule has 2 rings (SSSR count). The summed E-state index contributed by atoms with van der Waals surface area (Å²) in [5.41, 5.74) is 1.85. The summed E-state index contributed by atoms with van der Waals surface area (Å²) in [6.45, 7) is 0.578. The van der Waals surface area contributed by atoms with Crippen molar-refractivity contribution in [3.63, 3.8) is 0 Å². The topological polar surface area (TPSA) is 68.3 Å². The third-order valence-electron chi connectivity index (χ3n) is 3.19. The van der Waals surface area contributed by atoms with Crippen LogP contribution in [-0.2, 0) is 11.2 Å². The minimum atomic E-state index is -0.470. The first kappa shape index (κ1) is 15.7. The number of hydrogen-bond donors (Lipinski definition) is 1. The number of esters is 1. The minimum absolute atomic E-state index is 0.246. The molecule has 0 saturated heterocycles. The second-order valence-electron chi connectivity index (χ2n) is 4.77. The van der Waals surface area contributed by atoms with Crippen molar-refractivity contribution in [2.24, 2.45) is 0 Å². The van der Waals surface area contributed by atoms with Gasteiger partial charge in [-0.3, -0.25) is 9.78 Å². The van der Waals surface area contributed by atoms with E-state index in [0.29, 0.717) is 12.1 Å². The number of pyridine rings is 1. The number of benzene rings is 1. The molecular weight excluding hydrogens is 280 g/mol. The first-order valence-corrected chi connectivity index (χ1v) is 7.07. The molecule has 114 valence electrons. The number of hydrogen-bond acceptors (Lipinski definition) is 4. The van der Waals surface area contributed by atoms with Crippen LogP contribution in [0.4, 0.5) is 0 Å². The lowest BCUT2D eigenvalue weighted by molar-refractivity contribution is 0.0599. The molecule has 22 heavy (non-hydrogen) atoms. The van der Waals surface area contributed by atoms with E-state index in [0.717, 1.165) is 12.8 Å². The van der Waals surface area contributed by atoms with Gasteiger partial charge in [0.15, 0.2) is 0 Å². The maximum atomic E-state index is 11.9. The molecule has 0 saturated carbocycles. The van der Waals surface area contributed by atoms with Gasteiger partial charge in [0.25, 0.3) is 5.91 Å². The van der Waals surface area contributed by atoms with Crippen LogP contribution in [0.25, 0.3) is 0 Å². The highest BCUT2D eigenvalue weighted by atomic mass is 16.5. The van der Waals surface area contributed by atoms with Gasteiger partial charge in [-0.25, -0.2) is 4.79 Å². The molecule has 0 radical (unpaired) electrons. The normalized spacial score (nSPS) is 10.0. The van der Waals surface area contributed by atoms with E-state index < -0.39 is 5.97 Å². The Kier molecular flexibility index (Phi) is 5.65. The van der Waals surface area contributed by atoms with Crippen LogP contribution in [-0.4, -0.2) is 30.5 Å². The smallest absolute Gasteiger partial charge is 0.339 e. The molecule has 1 amide bonds. The van der Waals surface area contributed by atoms with E-state index in [1.165, 1.54) is 31.0 Å². The fourth-order valence-electron chi connectivity index (χ4n) is 2.00. The molecule has 0 aliphatic rings. The van der Waals surface area contributed by atoms with Gasteiger partial charge < -0.3 is 10.1 Å². The number of nitrogens with zero attached hydrogens (tertiary/aromatic N) is 1. The Morgan fingerprint density at radius 1 is 1.14 bits per heavy atom. The number of carbonyl (C=O) groups excluding carboxylic acids is 2. The second kappa shape index (κ2) is 7.93. The van der Waals surface area contributed by atoms with E-state index in [-0.39, 0.29) is 11.6 Å². The number of carbonyl (C=O) groups is 2. The van der Waals surface area contributed by atoms with Crippen molar-refractivity contribution in [1.82, 2.24) is 10.3 Å². The molecule has 0 aliphatic carbocycles. The van der Waals surface area contributed by atoms with Crippen LogP contribution in [0, 0.1) is 0 Å². The Bertz CT molecular complexity index is 624. The lowest BCUT2D eigenvalue weighted by Crippen LogP contribution is -2.25. The Balaban J connectivity index is 1.78. The van der Waals surface area contributed by atoms with E-state index in [4.69, 9.17) is 0 Å². The monoisotopic (exact) mass is 298 g/mol. The fourth-order valence-corrected chi connectivity index (χ4v) is 2.00. The molecule has 5 nitrogen and oxygen atoms in total. The summed E-state index contributed by atoms with van der Waals surface area (Å²) in [6, 6.07) is 13.1. The molecule has 1 aromatic heterocycles. The van der Waals surface area contributed by atoms with Crippen LogP contribution in [0.3, 0.4) is 0 Å². The number of aryl methyl sites for hydroxylation is 1. The fraction of sp³-hybridized carbons (Fsp3) is 0.235. The third kappa shape index (κ3) is 4.41. The zero-order valence-corrected chi connectivity index (χ0v) is 12.4. The summed E-state index contributed by atoms with van der Waals surface area (Å²) in [7, 11) is 1.30. The summed E-state index contributed by atoms with van der Waals surface area (Å²) < 4.78 is 4.58. The van der Waals surface area contributed by atoms with E-state index in [1.807, 2.05) is 18.2 Å². The van der Waals surface area contributed by atoms with Crippen molar-refractivity contribution >= 4 is 11.9 Å². The van der Waals surface area contributed by atoms with E-state index in [9.17, 15) is 9.59 Å². The van der Waals surface area contributed by atoms with Gasteiger partial charge >= 0.3 is 5.97 Å². The standard InChI is InChI=1S/C17H18N2O3/c1-22-17(21)14-9-10-15(19-12-14)16(20)18-11-5-8-13-6-3-2-4-7-13/h2-4,6-7,9-10,12H,5,8,11H2,1H3,(H,18,20). The van der Waals surface area contributed by atoms with E-state index >= 15 is 0 Å². The van der Waals surface area contributed by atoms with Crippen molar-refractivity contribution < 1.29 is 14.3 Å². The first-order chi connectivity index (χ1) is 10.7. The van der Waals surface area contributed by atoms with Crippen LogP contribution < -0.4 is 5.32 Å². The lowest BCUT2D eigenvalue weighted by atomic mass is 10.1. The van der Waals surface area contributed by atoms with Gasteiger partial charge in [0.2, 0.25) is 0 Å². The number of nitrogens with one attached hydrogen (secondary N) is 1. The Hall–Kier alpha value is -2.69. The van der Waals surface area contributed by atoms with E-state index in [1.54, 1.807) is 0 Å². The van der Waals surface area contributed by atoms with Crippen molar-refractivity contribution in [3.8, 4) is 0 Å². The molecule has 1 heterocycles. The summed E-state index contributed by atoms with van der Waals surface area (Å²) in [6.07, 6.45) is 3.11. The highest BCUT2D eigenvalue weighted by Crippen LogP contribution is 2.03. The molecule has 2 aromatic rings. The number of aromatic nitrogens is 1. The van der Waals surface area contributed by atoms with Gasteiger partial charge in [-0.1, -0.05) is 30.3 Å². The van der Waals surface area contributed by atoms with Crippen molar-refractivity contribution in [1.29, 1.82) is 0 Å². The number of ether oxygens (including phenoxy) is 1. The molecule has 0 spiro atoms. The molecule has 1 aromatic carbocycles. The third-order valence-corrected chi connectivity index (χ3v) is 3.19. The predicted octanol–water partition coefficient (Wildman–Crippen LogP) is 2.23. The summed E-state index contributed by atoms with van der Waals surface area (Å²) in [4.78, 5) is 27.2. The Morgan fingerprint density at radius 3 is 2.55 bits per heavy atom.